The normalized spacial score (nSPS) is 21.5. The number of carbonyl (C=O) groups excluding carboxylic acids is 2. The molecule has 0 unspecified atom stereocenters. The highest BCUT2D eigenvalue weighted by molar-refractivity contribution is 6.01. The first kappa shape index (κ1) is 16.6. The van der Waals surface area contributed by atoms with Crippen molar-refractivity contribution >= 4 is 17.5 Å². The Bertz CT molecular complexity index is 642. The summed E-state index contributed by atoms with van der Waals surface area (Å²) in [5.41, 5.74) is 0.714. The molecular weight excluding hydrogens is 308 g/mol. The van der Waals surface area contributed by atoms with Crippen molar-refractivity contribution in [2.24, 2.45) is 5.92 Å². The highest BCUT2D eigenvalue weighted by Gasteiger charge is 2.39. The van der Waals surface area contributed by atoms with E-state index in [-0.39, 0.29) is 17.7 Å². The van der Waals surface area contributed by atoms with Crippen LogP contribution in [-0.2, 0) is 9.59 Å². The Morgan fingerprint density at radius 2 is 1.92 bits per heavy atom. The van der Waals surface area contributed by atoms with Gasteiger partial charge in [0.25, 0.3) is 0 Å². The molecule has 24 heavy (non-hydrogen) atoms. The van der Waals surface area contributed by atoms with Crippen LogP contribution in [0, 0.1) is 5.92 Å². The van der Waals surface area contributed by atoms with Crippen LogP contribution in [-0.4, -0.2) is 50.1 Å². The molecule has 130 valence electrons. The van der Waals surface area contributed by atoms with E-state index in [1.165, 1.54) is 0 Å². The van der Waals surface area contributed by atoms with Gasteiger partial charge in [-0.15, -0.1) is 0 Å². The third-order valence-corrected chi connectivity index (χ3v) is 5.07. The van der Waals surface area contributed by atoms with E-state index in [1.807, 2.05) is 12.1 Å². The predicted molar refractivity (Wildman–Crippen MR) is 90.4 cm³/mol. The van der Waals surface area contributed by atoms with E-state index in [0.717, 1.165) is 19.3 Å². The van der Waals surface area contributed by atoms with Gasteiger partial charge in [-0.05, 0) is 31.9 Å². The Hall–Kier alpha value is -2.24. The molecule has 1 aromatic carbocycles. The van der Waals surface area contributed by atoms with Gasteiger partial charge < -0.3 is 19.3 Å². The quantitative estimate of drug-likeness (QED) is 0.847. The molecule has 0 radical (unpaired) electrons. The first-order valence-corrected chi connectivity index (χ1v) is 8.40. The van der Waals surface area contributed by atoms with Crippen molar-refractivity contribution in [1.29, 1.82) is 0 Å². The van der Waals surface area contributed by atoms with E-state index in [1.54, 1.807) is 37.0 Å². The molecule has 1 saturated carbocycles. The van der Waals surface area contributed by atoms with E-state index < -0.39 is 6.04 Å². The van der Waals surface area contributed by atoms with Crippen LogP contribution >= 0.6 is 0 Å². The minimum Gasteiger partial charge on any atom is -0.497 e. The van der Waals surface area contributed by atoms with Crippen LogP contribution in [0.2, 0.25) is 0 Å². The second-order valence-electron chi connectivity index (χ2n) is 6.36. The Balaban J connectivity index is 1.79. The summed E-state index contributed by atoms with van der Waals surface area (Å²) in [6, 6.07) is 4.95. The number of piperazine rings is 1. The zero-order chi connectivity index (χ0) is 17.3. The van der Waals surface area contributed by atoms with Gasteiger partial charge in [0.15, 0.2) is 0 Å². The lowest BCUT2D eigenvalue weighted by Gasteiger charge is -2.42. The lowest BCUT2D eigenvalue weighted by Crippen LogP contribution is -2.59. The van der Waals surface area contributed by atoms with Crippen molar-refractivity contribution in [3.8, 4) is 11.5 Å². The zero-order valence-corrected chi connectivity index (χ0v) is 14.4. The number of carbonyl (C=O) groups is 2. The van der Waals surface area contributed by atoms with Crippen molar-refractivity contribution in [2.75, 3.05) is 32.2 Å². The van der Waals surface area contributed by atoms with Gasteiger partial charge in [-0.1, -0.05) is 6.42 Å². The van der Waals surface area contributed by atoms with Crippen LogP contribution in [0.4, 0.5) is 5.69 Å². The molecule has 1 aliphatic carbocycles. The first-order valence-electron chi connectivity index (χ1n) is 8.40. The number of amides is 2. The van der Waals surface area contributed by atoms with Gasteiger partial charge in [0, 0.05) is 25.1 Å². The zero-order valence-electron chi connectivity index (χ0n) is 14.4. The second kappa shape index (κ2) is 6.71. The highest BCUT2D eigenvalue weighted by Crippen LogP contribution is 2.35. The van der Waals surface area contributed by atoms with E-state index in [0.29, 0.717) is 30.3 Å². The summed E-state index contributed by atoms with van der Waals surface area (Å²) < 4.78 is 10.6. The van der Waals surface area contributed by atoms with Gasteiger partial charge in [0.2, 0.25) is 11.8 Å². The van der Waals surface area contributed by atoms with Gasteiger partial charge in [-0.3, -0.25) is 9.59 Å². The predicted octanol–water partition coefficient (Wildman–Crippen LogP) is 2.07. The minimum atomic E-state index is -0.446. The summed E-state index contributed by atoms with van der Waals surface area (Å²) in [5, 5.41) is 0. The number of nitrogens with zero attached hydrogens (tertiary/aromatic N) is 2. The third-order valence-electron chi connectivity index (χ3n) is 5.07. The van der Waals surface area contributed by atoms with E-state index in [2.05, 4.69) is 0 Å². The molecule has 1 heterocycles. The Kier molecular flexibility index (Phi) is 4.64. The molecule has 3 rings (SSSR count). The standard InChI is InChI=1S/C18H24N2O4/c1-12-17(21)20(10-9-19(12)18(22)13-5-4-6-13)15-8-7-14(23-2)11-16(15)24-3/h7-8,11-13H,4-6,9-10H2,1-3H3/t12-/m0/s1. The molecule has 1 aromatic rings. The van der Waals surface area contributed by atoms with Crippen molar-refractivity contribution in [1.82, 2.24) is 4.90 Å². The second-order valence-corrected chi connectivity index (χ2v) is 6.36. The Labute approximate surface area is 142 Å². The summed E-state index contributed by atoms with van der Waals surface area (Å²) in [6.07, 6.45) is 3.01. The maximum atomic E-state index is 12.8. The van der Waals surface area contributed by atoms with Gasteiger partial charge in [0.05, 0.1) is 19.9 Å². The van der Waals surface area contributed by atoms with E-state index in [9.17, 15) is 9.59 Å². The van der Waals surface area contributed by atoms with Crippen LogP contribution in [0.5, 0.6) is 11.5 Å². The van der Waals surface area contributed by atoms with Crippen LogP contribution in [0.1, 0.15) is 26.2 Å². The molecule has 2 amide bonds. The molecule has 0 bridgehead atoms. The minimum absolute atomic E-state index is 0.0719. The van der Waals surface area contributed by atoms with Gasteiger partial charge in [-0.2, -0.15) is 0 Å². The monoisotopic (exact) mass is 332 g/mol. The summed E-state index contributed by atoms with van der Waals surface area (Å²) in [7, 11) is 3.16. The number of benzene rings is 1. The number of ether oxygens (including phenoxy) is 2. The number of hydrogen-bond donors (Lipinski definition) is 0. The van der Waals surface area contributed by atoms with Crippen molar-refractivity contribution < 1.29 is 19.1 Å². The van der Waals surface area contributed by atoms with Crippen LogP contribution in [0.25, 0.3) is 0 Å². The lowest BCUT2D eigenvalue weighted by molar-refractivity contribution is -0.146. The van der Waals surface area contributed by atoms with Gasteiger partial charge in [0.1, 0.15) is 17.5 Å². The molecule has 0 aromatic heterocycles. The molecule has 0 N–H and O–H groups in total. The number of rotatable bonds is 4. The number of anilines is 1. The van der Waals surface area contributed by atoms with E-state index in [4.69, 9.17) is 9.47 Å². The fraction of sp³-hybridized carbons (Fsp3) is 0.556. The molecular formula is C18H24N2O4. The Morgan fingerprint density at radius 1 is 1.17 bits per heavy atom. The molecule has 6 heteroatoms. The summed E-state index contributed by atoms with van der Waals surface area (Å²) >= 11 is 0. The van der Waals surface area contributed by atoms with E-state index >= 15 is 0 Å². The van der Waals surface area contributed by atoms with Crippen molar-refractivity contribution in [3.63, 3.8) is 0 Å². The largest absolute Gasteiger partial charge is 0.497 e. The van der Waals surface area contributed by atoms with Crippen molar-refractivity contribution in [2.45, 2.75) is 32.2 Å². The topological polar surface area (TPSA) is 59.1 Å². The fourth-order valence-electron chi connectivity index (χ4n) is 3.31. The fourth-order valence-corrected chi connectivity index (χ4v) is 3.31. The molecule has 1 saturated heterocycles. The lowest BCUT2D eigenvalue weighted by atomic mass is 9.84. The smallest absolute Gasteiger partial charge is 0.249 e. The number of hydrogen-bond acceptors (Lipinski definition) is 4. The molecule has 2 fully saturated rings. The Morgan fingerprint density at radius 3 is 2.50 bits per heavy atom. The molecule has 6 nitrogen and oxygen atoms in total. The maximum absolute atomic E-state index is 12.8. The van der Waals surface area contributed by atoms with Gasteiger partial charge >= 0.3 is 0 Å². The average molecular weight is 332 g/mol. The summed E-state index contributed by atoms with van der Waals surface area (Å²) in [4.78, 5) is 28.8. The highest BCUT2D eigenvalue weighted by atomic mass is 16.5. The molecule has 1 aliphatic heterocycles. The average Bonchev–Trinajstić information content (AvgIpc) is 2.55. The summed E-state index contributed by atoms with van der Waals surface area (Å²) in [6.45, 7) is 2.84. The van der Waals surface area contributed by atoms with Crippen LogP contribution < -0.4 is 14.4 Å². The molecule has 1 atom stereocenters. The van der Waals surface area contributed by atoms with Crippen LogP contribution in [0.3, 0.4) is 0 Å². The van der Waals surface area contributed by atoms with Gasteiger partial charge in [-0.25, -0.2) is 0 Å². The molecule has 2 aliphatic rings. The molecule has 0 spiro atoms. The van der Waals surface area contributed by atoms with Crippen molar-refractivity contribution in [3.05, 3.63) is 18.2 Å². The number of methoxy groups -OCH3 is 2. The SMILES string of the molecule is COc1ccc(N2CCN(C(=O)C3CCC3)[C@@H](C)C2=O)c(OC)c1. The third kappa shape index (κ3) is 2.81. The van der Waals surface area contributed by atoms with Crippen LogP contribution in [0.15, 0.2) is 18.2 Å². The summed E-state index contributed by atoms with van der Waals surface area (Å²) in [5.74, 6) is 1.44. The maximum Gasteiger partial charge on any atom is 0.249 e. The first-order chi connectivity index (χ1) is 11.6.